The maximum atomic E-state index is 6.01. The first-order valence-corrected chi connectivity index (χ1v) is 9.72. The van der Waals surface area contributed by atoms with Crippen molar-refractivity contribution in [1.29, 1.82) is 0 Å². The SMILES string of the molecule is COc1ccc(CNC(N)=NCc2ccc(N3CCN(C)CC3)nc2)cc1OC. The van der Waals surface area contributed by atoms with Crippen molar-refractivity contribution < 1.29 is 9.47 Å². The third kappa shape index (κ3) is 5.74. The molecule has 3 N–H and O–H groups in total. The molecule has 1 fully saturated rings. The zero-order chi connectivity index (χ0) is 20.6. The Morgan fingerprint density at radius 1 is 1.07 bits per heavy atom. The Kier molecular flexibility index (Phi) is 7.13. The standard InChI is InChI=1S/C21H30N6O2/c1-26-8-10-27(11-9-26)20-7-5-17(14-23-20)15-25-21(22)24-13-16-4-6-18(28-2)19(12-16)29-3/h4-7,12,14H,8-11,13,15H2,1-3H3,(H3,22,24,25). The maximum Gasteiger partial charge on any atom is 0.189 e. The zero-order valence-electron chi connectivity index (χ0n) is 17.4. The number of nitrogens with zero attached hydrogens (tertiary/aromatic N) is 4. The summed E-state index contributed by atoms with van der Waals surface area (Å²) < 4.78 is 10.6. The van der Waals surface area contributed by atoms with Gasteiger partial charge in [-0.15, -0.1) is 0 Å². The minimum atomic E-state index is 0.392. The van der Waals surface area contributed by atoms with E-state index in [9.17, 15) is 0 Å². The highest BCUT2D eigenvalue weighted by molar-refractivity contribution is 5.77. The number of benzene rings is 1. The Morgan fingerprint density at radius 3 is 2.45 bits per heavy atom. The maximum absolute atomic E-state index is 6.01. The van der Waals surface area contributed by atoms with Crippen LogP contribution in [0.15, 0.2) is 41.5 Å². The van der Waals surface area contributed by atoms with Gasteiger partial charge < -0.3 is 30.3 Å². The minimum Gasteiger partial charge on any atom is -0.493 e. The van der Waals surface area contributed by atoms with E-state index in [1.165, 1.54) is 0 Å². The van der Waals surface area contributed by atoms with Crippen molar-refractivity contribution in [2.75, 3.05) is 52.3 Å². The zero-order valence-corrected chi connectivity index (χ0v) is 17.4. The van der Waals surface area contributed by atoms with Crippen molar-refractivity contribution in [2.45, 2.75) is 13.1 Å². The van der Waals surface area contributed by atoms with E-state index in [-0.39, 0.29) is 0 Å². The van der Waals surface area contributed by atoms with Crippen molar-refractivity contribution in [3.05, 3.63) is 47.7 Å². The molecule has 1 aromatic carbocycles. The van der Waals surface area contributed by atoms with Crippen LogP contribution in [0.4, 0.5) is 5.82 Å². The molecule has 8 nitrogen and oxygen atoms in total. The molecule has 156 valence electrons. The second-order valence-electron chi connectivity index (χ2n) is 7.06. The van der Waals surface area contributed by atoms with Crippen LogP contribution >= 0.6 is 0 Å². The largest absolute Gasteiger partial charge is 0.493 e. The fraction of sp³-hybridized carbons (Fsp3) is 0.429. The first-order chi connectivity index (χ1) is 14.1. The second-order valence-corrected chi connectivity index (χ2v) is 7.06. The molecule has 0 atom stereocenters. The smallest absolute Gasteiger partial charge is 0.189 e. The number of anilines is 1. The molecule has 0 unspecified atom stereocenters. The number of aliphatic imine (C=N–C) groups is 1. The number of aromatic nitrogens is 1. The molecular weight excluding hydrogens is 368 g/mol. The molecule has 0 bridgehead atoms. The molecule has 0 saturated carbocycles. The van der Waals surface area contributed by atoms with Gasteiger partial charge in [0.15, 0.2) is 17.5 Å². The summed E-state index contributed by atoms with van der Waals surface area (Å²) in [5.74, 6) is 2.80. The number of hydrogen-bond acceptors (Lipinski definition) is 6. The van der Waals surface area contributed by atoms with E-state index in [2.05, 4.69) is 44.3 Å². The Hall–Kier alpha value is -3.00. The lowest BCUT2D eigenvalue weighted by atomic mass is 10.2. The van der Waals surface area contributed by atoms with E-state index >= 15 is 0 Å². The van der Waals surface area contributed by atoms with Crippen LogP contribution in [-0.4, -0.2) is 63.3 Å². The fourth-order valence-electron chi connectivity index (χ4n) is 3.15. The van der Waals surface area contributed by atoms with Gasteiger partial charge in [-0.25, -0.2) is 9.98 Å². The molecule has 0 amide bonds. The third-order valence-electron chi connectivity index (χ3n) is 4.99. The third-order valence-corrected chi connectivity index (χ3v) is 4.99. The molecule has 1 aliphatic heterocycles. The number of likely N-dealkylation sites (N-methyl/N-ethyl adjacent to an activating group) is 1. The summed E-state index contributed by atoms with van der Waals surface area (Å²) in [6.07, 6.45) is 1.87. The highest BCUT2D eigenvalue weighted by Gasteiger charge is 2.14. The number of hydrogen-bond donors (Lipinski definition) is 2. The Labute approximate surface area is 172 Å². The van der Waals surface area contributed by atoms with Gasteiger partial charge >= 0.3 is 0 Å². The molecule has 29 heavy (non-hydrogen) atoms. The average molecular weight is 399 g/mol. The summed E-state index contributed by atoms with van der Waals surface area (Å²) in [5, 5.41) is 3.12. The lowest BCUT2D eigenvalue weighted by Gasteiger charge is -2.33. The van der Waals surface area contributed by atoms with Gasteiger partial charge in [-0.3, -0.25) is 0 Å². The van der Waals surface area contributed by atoms with Crippen LogP contribution in [0.1, 0.15) is 11.1 Å². The number of methoxy groups -OCH3 is 2. The number of pyridine rings is 1. The van der Waals surface area contributed by atoms with Gasteiger partial charge in [0.05, 0.1) is 20.8 Å². The van der Waals surface area contributed by atoms with E-state index in [0.717, 1.165) is 43.1 Å². The predicted octanol–water partition coefficient (Wildman–Crippen LogP) is 1.46. The monoisotopic (exact) mass is 398 g/mol. The van der Waals surface area contributed by atoms with Crippen LogP contribution in [-0.2, 0) is 13.1 Å². The van der Waals surface area contributed by atoms with Crippen LogP contribution in [0, 0.1) is 0 Å². The normalized spacial score (nSPS) is 15.3. The van der Waals surface area contributed by atoms with E-state index in [1.54, 1.807) is 14.2 Å². The Balaban J connectivity index is 1.50. The molecule has 0 radical (unpaired) electrons. The molecule has 1 saturated heterocycles. The van der Waals surface area contributed by atoms with Gasteiger partial charge in [0.25, 0.3) is 0 Å². The summed E-state index contributed by atoms with van der Waals surface area (Å²) in [6, 6.07) is 9.87. The molecule has 1 aromatic heterocycles. The van der Waals surface area contributed by atoms with Crippen molar-refractivity contribution in [2.24, 2.45) is 10.7 Å². The molecule has 0 spiro atoms. The van der Waals surface area contributed by atoms with Crippen LogP contribution in [0.2, 0.25) is 0 Å². The molecule has 2 heterocycles. The number of nitrogens with two attached hydrogens (primary N) is 1. The lowest BCUT2D eigenvalue weighted by Crippen LogP contribution is -2.44. The van der Waals surface area contributed by atoms with Gasteiger partial charge in [-0.2, -0.15) is 0 Å². The van der Waals surface area contributed by atoms with Crippen molar-refractivity contribution in [3.63, 3.8) is 0 Å². The minimum absolute atomic E-state index is 0.392. The number of piperazine rings is 1. The summed E-state index contributed by atoms with van der Waals surface area (Å²) in [7, 11) is 5.39. The highest BCUT2D eigenvalue weighted by Crippen LogP contribution is 2.27. The molecule has 2 aromatic rings. The molecule has 8 heteroatoms. The topological polar surface area (TPSA) is 88.2 Å². The average Bonchev–Trinajstić information content (AvgIpc) is 2.77. The molecule has 1 aliphatic rings. The van der Waals surface area contributed by atoms with Crippen molar-refractivity contribution in [3.8, 4) is 11.5 Å². The van der Waals surface area contributed by atoms with Gasteiger partial charge in [0, 0.05) is 38.9 Å². The van der Waals surface area contributed by atoms with Crippen molar-refractivity contribution >= 4 is 11.8 Å². The van der Waals surface area contributed by atoms with Crippen LogP contribution < -0.4 is 25.4 Å². The van der Waals surface area contributed by atoms with Gasteiger partial charge in [0.1, 0.15) is 5.82 Å². The lowest BCUT2D eigenvalue weighted by molar-refractivity contribution is 0.312. The van der Waals surface area contributed by atoms with Crippen LogP contribution in [0.25, 0.3) is 0 Å². The van der Waals surface area contributed by atoms with Gasteiger partial charge in [-0.1, -0.05) is 12.1 Å². The summed E-state index contributed by atoms with van der Waals surface area (Å²) in [4.78, 5) is 13.6. The summed E-state index contributed by atoms with van der Waals surface area (Å²) >= 11 is 0. The molecular formula is C21H30N6O2. The second kappa shape index (κ2) is 9.97. The fourth-order valence-corrected chi connectivity index (χ4v) is 3.15. The Morgan fingerprint density at radius 2 is 1.79 bits per heavy atom. The van der Waals surface area contributed by atoms with E-state index < -0.39 is 0 Å². The quantitative estimate of drug-likeness (QED) is 0.539. The predicted molar refractivity (Wildman–Crippen MR) is 116 cm³/mol. The number of ether oxygens (including phenoxy) is 2. The van der Waals surface area contributed by atoms with E-state index in [0.29, 0.717) is 30.5 Å². The molecule has 0 aliphatic carbocycles. The van der Waals surface area contributed by atoms with Gasteiger partial charge in [0.2, 0.25) is 0 Å². The van der Waals surface area contributed by atoms with E-state index in [1.807, 2.05) is 24.4 Å². The Bertz CT molecular complexity index is 816. The highest BCUT2D eigenvalue weighted by atomic mass is 16.5. The summed E-state index contributed by atoms with van der Waals surface area (Å²) in [6.45, 7) is 5.19. The number of nitrogens with one attached hydrogen (secondary N) is 1. The first-order valence-electron chi connectivity index (χ1n) is 9.72. The van der Waals surface area contributed by atoms with E-state index in [4.69, 9.17) is 15.2 Å². The summed E-state index contributed by atoms with van der Waals surface area (Å²) in [5.41, 5.74) is 8.06. The number of guanidine groups is 1. The number of rotatable bonds is 7. The first kappa shape index (κ1) is 20.7. The van der Waals surface area contributed by atoms with Gasteiger partial charge in [-0.05, 0) is 36.4 Å². The molecule has 3 rings (SSSR count). The van der Waals surface area contributed by atoms with Crippen LogP contribution in [0.3, 0.4) is 0 Å². The van der Waals surface area contributed by atoms with Crippen molar-refractivity contribution in [1.82, 2.24) is 15.2 Å². The van der Waals surface area contributed by atoms with Crippen LogP contribution in [0.5, 0.6) is 11.5 Å².